The van der Waals surface area contributed by atoms with E-state index in [1.165, 1.54) is 5.69 Å². The van der Waals surface area contributed by atoms with Crippen molar-refractivity contribution in [3.05, 3.63) is 16.4 Å². The van der Waals surface area contributed by atoms with Gasteiger partial charge in [-0.1, -0.05) is 25.4 Å². The summed E-state index contributed by atoms with van der Waals surface area (Å²) in [5, 5.41) is 8.58. The maximum absolute atomic E-state index is 6.35. The quantitative estimate of drug-likeness (QED) is 0.832. The SMILES string of the molecule is CCc1nn(CC)c(CC(C)CNC)c1Cl. The maximum atomic E-state index is 6.35. The highest BCUT2D eigenvalue weighted by Crippen LogP contribution is 2.23. The fraction of sp³-hybridized carbons (Fsp3) is 0.750. The van der Waals surface area contributed by atoms with Crippen LogP contribution in [0.3, 0.4) is 0 Å². The molecule has 92 valence electrons. The molecule has 16 heavy (non-hydrogen) atoms. The van der Waals surface area contributed by atoms with Gasteiger partial charge in [0.15, 0.2) is 0 Å². The Morgan fingerprint density at radius 3 is 2.62 bits per heavy atom. The molecule has 0 fully saturated rings. The van der Waals surface area contributed by atoms with Gasteiger partial charge in [0, 0.05) is 6.54 Å². The molecule has 1 aromatic rings. The van der Waals surface area contributed by atoms with Crippen LogP contribution in [-0.2, 0) is 19.4 Å². The smallest absolute Gasteiger partial charge is 0.0849 e. The van der Waals surface area contributed by atoms with Crippen LogP contribution in [0.1, 0.15) is 32.2 Å². The standard InChI is InChI=1S/C12H22ClN3/c1-5-10-12(13)11(16(6-2)15-10)7-9(3)8-14-4/h9,14H,5-8H2,1-4H3. The van der Waals surface area contributed by atoms with Crippen molar-refractivity contribution in [3.63, 3.8) is 0 Å². The zero-order valence-electron chi connectivity index (χ0n) is 10.7. The summed E-state index contributed by atoms with van der Waals surface area (Å²) in [6.07, 6.45) is 1.89. The van der Waals surface area contributed by atoms with Gasteiger partial charge in [-0.05, 0) is 39.3 Å². The van der Waals surface area contributed by atoms with Gasteiger partial charge in [0.2, 0.25) is 0 Å². The van der Waals surface area contributed by atoms with Crippen LogP contribution in [0.5, 0.6) is 0 Å². The van der Waals surface area contributed by atoms with Crippen LogP contribution in [0.2, 0.25) is 5.02 Å². The van der Waals surface area contributed by atoms with Gasteiger partial charge >= 0.3 is 0 Å². The van der Waals surface area contributed by atoms with Gasteiger partial charge in [-0.2, -0.15) is 5.10 Å². The van der Waals surface area contributed by atoms with Crippen molar-refractivity contribution >= 4 is 11.6 Å². The van der Waals surface area contributed by atoms with Crippen LogP contribution in [0.4, 0.5) is 0 Å². The molecule has 1 N–H and O–H groups in total. The first-order valence-corrected chi connectivity index (χ1v) is 6.40. The number of nitrogens with zero attached hydrogens (tertiary/aromatic N) is 2. The predicted octanol–water partition coefficient (Wildman–Crippen LogP) is 2.52. The van der Waals surface area contributed by atoms with Gasteiger partial charge < -0.3 is 5.32 Å². The molecule has 0 spiro atoms. The van der Waals surface area contributed by atoms with Gasteiger partial charge in [-0.25, -0.2) is 0 Å². The molecule has 0 aromatic carbocycles. The number of rotatable bonds is 6. The van der Waals surface area contributed by atoms with E-state index in [9.17, 15) is 0 Å². The largest absolute Gasteiger partial charge is 0.319 e. The summed E-state index contributed by atoms with van der Waals surface area (Å²) >= 11 is 6.35. The van der Waals surface area contributed by atoms with E-state index in [-0.39, 0.29) is 0 Å². The van der Waals surface area contributed by atoms with Gasteiger partial charge in [-0.3, -0.25) is 4.68 Å². The van der Waals surface area contributed by atoms with Crippen molar-refractivity contribution in [2.75, 3.05) is 13.6 Å². The lowest BCUT2D eigenvalue weighted by molar-refractivity contribution is 0.507. The van der Waals surface area contributed by atoms with E-state index >= 15 is 0 Å². The Balaban J connectivity index is 2.88. The van der Waals surface area contributed by atoms with Gasteiger partial charge in [0.25, 0.3) is 0 Å². The van der Waals surface area contributed by atoms with Gasteiger partial charge in [-0.15, -0.1) is 0 Å². The highest BCUT2D eigenvalue weighted by molar-refractivity contribution is 6.31. The Bertz CT molecular complexity index is 333. The van der Waals surface area contributed by atoms with E-state index in [4.69, 9.17) is 11.6 Å². The highest BCUT2D eigenvalue weighted by atomic mass is 35.5. The highest BCUT2D eigenvalue weighted by Gasteiger charge is 2.16. The third kappa shape index (κ3) is 2.98. The van der Waals surface area contributed by atoms with Crippen LogP contribution in [-0.4, -0.2) is 23.4 Å². The first kappa shape index (κ1) is 13.5. The molecule has 1 heterocycles. The normalized spacial score (nSPS) is 13.1. The summed E-state index contributed by atoms with van der Waals surface area (Å²) in [7, 11) is 1.98. The topological polar surface area (TPSA) is 29.9 Å². The molecule has 3 nitrogen and oxygen atoms in total. The Morgan fingerprint density at radius 2 is 2.12 bits per heavy atom. The first-order chi connectivity index (χ1) is 7.63. The molecule has 0 saturated carbocycles. The molecule has 1 atom stereocenters. The van der Waals surface area contributed by atoms with E-state index in [0.29, 0.717) is 5.92 Å². The van der Waals surface area contributed by atoms with Gasteiger partial charge in [0.1, 0.15) is 0 Å². The average molecular weight is 244 g/mol. The summed E-state index contributed by atoms with van der Waals surface area (Å²) in [6.45, 7) is 8.32. The molecule has 0 amide bonds. The number of hydrogen-bond acceptors (Lipinski definition) is 2. The lowest BCUT2D eigenvalue weighted by Gasteiger charge is -2.12. The van der Waals surface area contributed by atoms with E-state index < -0.39 is 0 Å². The van der Waals surface area contributed by atoms with Crippen molar-refractivity contribution in [1.82, 2.24) is 15.1 Å². The minimum atomic E-state index is 0.578. The summed E-state index contributed by atoms with van der Waals surface area (Å²) in [5.74, 6) is 0.578. The van der Waals surface area contributed by atoms with E-state index in [1.54, 1.807) is 0 Å². The summed E-state index contributed by atoms with van der Waals surface area (Å²) in [5.41, 5.74) is 2.21. The van der Waals surface area contributed by atoms with E-state index in [1.807, 2.05) is 11.7 Å². The molecule has 0 saturated heterocycles. The maximum Gasteiger partial charge on any atom is 0.0849 e. The van der Waals surface area contributed by atoms with Crippen molar-refractivity contribution in [2.45, 2.75) is 40.2 Å². The molecule has 4 heteroatoms. The van der Waals surface area contributed by atoms with Crippen molar-refractivity contribution in [1.29, 1.82) is 0 Å². The molecule has 0 aliphatic carbocycles. The molecule has 0 aliphatic rings. The lowest BCUT2D eigenvalue weighted by Crippen LogP contribution is -2.19. The summed E-state index contributed by atoms with van der Waals surface area (Å²) < 4.78 is 2.04. The van der Waals surface area contributed by atoms with Crippen molar-refractivity contribution in [2.24, 2.45) is 5.92 Å². The molecular formula is C12H22ClN3. The zero-order valence-corrected chi connectivity index (χ0v) is 11.4. The van der Waals surface area contributed by atoms with Crippen LogP contribution >= 0.6 is 11.6 Å². The Morgan fingerprint density at radius 1 is 1.44 bits per heavy atom. The van der Waals surface area contributed by atoms with Crippen molar-refractivity contribution in [3.8, 4) is 0 Å². The number of hydrogen-bond donors (Lipinski definition) is 1. The zero-order chi connectivity index (χ0) is 12.1. The minimum absolute atomic E-state index is 0.578. The predicted molar refractivity (Wildman–Crippen MR) is 69.1 cm³/mol. The third-order valence-corrected chi connectivity index (χ3v) is 3.22. The number of aryl methyl sites for hydroxylation is 2. The average Bonchev–Trinajstić information content (AvgIpc) is 2.56. The Labute approximate surface area is 103 Å². The third-order valence-electron chi connectivity index (χ3n) is 2.79. The Kier molecular flexibility index (Phi) is 5.29. The minimum Gasteiger partial charge on any atom is -0.319 e. The number of aromatic nitrogens is 2. The van der Waals surface area contributed by atoms with Gasteiger partial charge in [0.05, 0.1) is 16.4 Å². The van der Waals surface area contributed by atoms with Crippen LogP contribution < -0.4 is 5.32 Å². The number of nitrogens with one attached hydrogen (secondary N) is 1. The van der Waals surface area contributed by atoms with E-state index in [0.717, 1.165) is 36.6 Å². The lowest BCUT2D eigenvalue weighted by atomic mass is 10.1. The monoisotopic (exact) mass is 243 g/mol. The van der Waals surface area contributed by atoms with Crippen LogP contribution in [0.15, 0.2) is 0 Å². The fourth-order valence-corrected chi connectivity index (χ4v) is 2.31. The fourth-order valence-electron chi connectivity index (χ4n) is 1.96. The molecule has 1 rings (SSSR count). The first-order valence-electron chi connectivity index (χ1n) is 6.02. The van der Waals surface area contributed by atoms with Crippen LogP contribution in [0.25, 0.3) is 0 Å². The molecule has 0 radical (unpaired) electrons. The summed E-state index contributed by atoms with van der Waals surface area (Å²) in [4.78, 5) is 0. The van der Waals surface area contributed by atoms with E-state index in [2.05, 4.69) is 31.2 Å². The summed E-state index contributed by atoms with van der Waals surface area (Å²) in [6, 6.07) is 0. The second-order valence-electron chi connectivity index (χ2n) is 4.24. The molecule has 1 aromatic heterocycles. The molecule has 0 bridgehead atoms. The van der Waals surface area contributed by atoms with Crippen molar-refractivity contribution < 1.29 is 0 Å². The number of halogens is 1. The molecule has 1 unspecified atom stereocenters. The van der Waals surface area contributed by atoms with Crippen LogP contribution in [0, 0.1) is 5.92 Å². The Hall–Kier alpha value is -0.540. The second kappa shape index (κ2) is 6.26. The second-order valence-corrected chi connectivity index (χ2v) is 4.62. The molecular weight excluding hydrogens is 222 g/mol. The molecule has 0 aliphatic heterocycles.